The molecule has 0 radical (unpaired) electrons. The van der Waals surface area contributed by atoms with Gasteiger partial charge in [-0.2, -0.15) is 0 Å². The Morgan fingerprint density at radius 1 is 0.789 bits per heavy atom. The maximum absolute atomic E-state index is 13.3. The molecule has 0 atom stereocenters. The van der Waals surface area contributed by atoms with Crippen LogP contribution in [-0.2, 0) is 0 Å². The smallest absolute Gasteiger partial charge is 0.230 e. The van der Waals surface area contributed by atoms with Gasteiger partial charge >= 0.3 is 0 Å². The van der Waals surface area contributed by atoms with Crippen molar-refractivity contribution in [2.45, 2.75) is 13.8 Å². The summed E-state index contributed by atoms with van der Waals surface area (Å²) in [5.74, 6) is 0.0733. The highest BCUT2D eigenvalue weighted by Crippen LogP contribution is 2.18. The lowest BCUT2D eigenvalue weighted by molar-refractivity contribution is 0.119. The van der Waals surface area contributed by atoms with Crippen LogP contribution in [0.25, 0.3) is 0 Å². The Hall–Kier alpha value is -2.10. The first-order chi connectivity index (χ1) is 9.06. The van der Waals surface area contributed by atoms with Gasteiger partial charge in [-0.05, 0) is 37.1 Å². The van der Waals surface area contributed by atoms with Crippen LogP contribution in [0.3, 0.4) is 0 Å². The summed E-state index contributed by atoms with van der Waals surface area (Å²) in [4.78, 5) is 0. The third kappa shape index (κ3) is 3.44. The quantitative estimate of drug-likeness (QED) is 0.777. The fraction of sp³-hybridized carbons (Fsp3) is 0.200. The molecule has 2 aromatic rings. The normalized spacial score (nSPS) is 10.3. The number of rotatable bonds is 4. The molecule has 4 heteroatoms. The van der Waals surface area contributed by atoms with Crippen LogP contribution in [0.15, 0.2) is 36.4 Å². The van der Waals surface area contributed by atoms with E-state index in [1.807, 2.05) is 0 Å². The van der Waals surface area contributed by atoms with Gasteiger partial charge in [0.1, 0.15) is 23.1 Å². The van der Waals surface area contributed by atoms with Crippen LogP contribution < -0.4 is 9.47 Å². The van der Waals surface area contributed by atoms with E-state index >= 15 is 0 Å². The van der Waals surface area contributed by atoms with E-state index in [0.29, 0.717) is 22.6 Å². The van der Waals surface area contributed by atoms with Crippen LogP contribution in [0.5, 0.6) is 11.5 Å². The number of aryl methyl sites for hydroxylation is 2. The number of hydrogen-bond acceptors (Lipinski definition) is 2. The van der Waals surface area contributed by atoms with Gasteiger partial charge in [0.2, 0.25) is 6.79 Å². The summed E-state index contributed by atoms with van der Waals surface area (Å²) < 4.78 is 37.0. The molecule has 100 valence electrons. The topological polar surface area (TPSA) is 18.5 Å². The Bertz CT molecular complexity index is 531. The molecule has 0 saturated carbocycles. The van der Waals surface area contributed by atoms with Crippen molar-refractivity contribution in [3.05, 3.63) is 59.2 Å². The van der Waals surface area contributed by atoms with Gasteiger partial charge in [0.05, 0.1) is 0 Å². The molecule has 0 unspecified atom stereocenters. The Morgan fingerprint density at radius 2 is 1.21 bits per heavy atom. The van der Waals surface area contributed by atoms with Crippen LogP contribution in [0.2, 0.25) is 0 Å². The predicted octanol–water partition coefficient (Wildman–Crippen LogP) is 4.00. The highest BCUT2D eigenvalue weighted by molar-refractivity contribution is 5.29. The van der Waals surface area contributed by atoms with Crippen molar-refractivity contribution in [2.24, 2.45) is 0 Å². The fourth-order valence-electron chi connectivity index (χ4n) is 1.49. The minimum Gasteiger partial charge on any atom is -0.457 e. The Morgan fingerprint density at radius 3 is 1.58 bits per heavy atom. The second-order valence-electron chi connectivity index (χ2n) is 4.23. The third-order valence-electron chi connectivity index (χ3n) is 2.74. The summed E-state index contributed by atoms with van der Waals surface area (Å²) in [5.41, 5.74) is 1.10. The van der Waals surface area contributed by atoms with Crippen LogP contribution in [0.4, 0.5) is 8.78 Å². The van der Waals surface area contributed by atoms with Crippen molar-refractivity contribution in [3.63, 3.8) is 0 Å². The number of halogens is 2. The zero-order valence-corrected chi connectivity index (χ0v) is 10.7. The van der Waals surface area contributed by atoms with E-state index in [9.17, 15) is 8.78 Å². The molecular formula is C15H14F2O2. The molecular weight excluding hydrogens is 250 g/mol. The van der Waals surface area contributed by atoms with Gasteiger partial charge in [0.25, 0.3) is 0 Å². The zero-order valence-electron chi connectivity index (χ0n) is 10.7. The predicted molar refractivity (Wildman–Crippen MR) is 68.4 cm³/mol. The lowest BCUT2D eigenvalue weighted by Crippen LogP contribution is -2.06. The van der Waals surface area contributed by atoms with E-state index in [4.69, 9.17) is 9.47 Å². The average Bonchev–Trinajstić information content (AvgIpc) is 2.38. The van der Waals surface area contributed by atoms with E-state index in [1.54, 1.807) is 38.1 Å². The van der Waals surface area contributed by atoms with Crippen LogP contribution in [-0.4, -0.2) is 6.79 Å². The van der Waals surface area contributed by atoms with Crippen LogP contribution in [0.1, 0.15) is 11.1 Å². The van der Waals surface area contributed by atoms with E-state index < -0.39 is 0 Å². The van der Waals surface area contributed by atoms with E-state index in [0.717, 1.165) is 0 Å². The Balaban J connectivity index is 1.92. The molecule has 0 fully saturated rings. The molecule has 19 heavy (non-hydrogen) atoms. The molecule has 0 bridgehead atoms. The molecule has 0 aliphatic heterocycles. The van der Waals surface area contributed by atoms with Gasteiger partial charge < -0.3 is 9.47 Å². The van der Waals surface area contributed by atoms with Crippen LogP contribution >= 0.6 is 0 Å². The van der Waals surface area contributed by atoms with Crippen LogP contribution in [0, 0.1) is 25.5 Å². The molecule has 0 aliphatic rings. The van der Waals surface area contributed by atoms with E-state index in [-0.39, 0.29) is 18.4 Å². The summed E-state index contributed by atoms with van der Waals surface area (Å²) in [6.07, 6.45) is 0. The average molecular weight is 264 g/mol. The van der Waals surface area contributed by atoms with Gasteiger partial charge in [-0.15, -0.1) is 0 Å². The summed E-state index contributed by atoms with van der Waals surface area (Å²) in [6, 6.07) is 9.12. The molecule has 0 amide bonds. The van der Waals surface area contributed by atoms with Crippen molar-refractivity contribution < 1.29 is 18.3 Å². The van der Waals surface area contributed by atoms with Crippen molar-refractivity contribution in [1.29, 1.82) is 0 Å². The molecule has 0 N–H and O–H groups in total. The van der Waals surface area contributed by atoms with Gasteiger partial charge in [0, 0.05) is 12.1 Å². The van der Waals surface area contributed by atoms with Gasteiger partial charge in [-0.3, -0.25) is 0 Å². The van der Waals surface area contributed by atoms with Gasteiger partial charge in [0.15, 0.2) is 0 Å². The molecule has 0 aliphatic carbocycles. The standard InChI is InChI=1S/C15H14F2O2/c1-10-3-5-12(7-14(10)16)18-9-19-13-6-4-11(2)15(17)8-13/h3-8H,9H2,1-2H3. The summed E-state index contributed by atoms with van der Waals surface area (Å²) >= 11 is 0. The van der Waals surface area contributed by atoms with Gasteiger partial charge in [-0.25, -0.2) is 8.78 Å². The molecule has 0 heterocycles. The van der Waals surface area contributed by atoms with Crippen molar-refractivity contribution >= 4 is 0 Å². The monoisotopic (exact) mass is 264 g/mol. The number of ether oxygens (including phenoxy) is 2. The first kappa shape index (κ1) is 13.3. The third-order valence-corrected chi connectivity index (χ3v) is 2.74. The maximum Gasteiger partial charge on any atom is 0.230 e. The first-order valence-electron chi connectivity index (χ1n) is 5.84. The van der Waals surface area contributed by atoms with Gasteiger partial charge in [-0.1, -0.05) is 12.1 Å². The largest absolute Gasteiger partial charge is 0.457 e. The Labute approximate surface area is 110 Å². The lowest BCUT2D eigenvalue weighted by atomic mass is 10.2. The number of hydrogen-bond donors (Lipinski definition) is 0. The fourth-order valence-corrected chi connectivity index (χ4v) is 1.49. The molecule has 2 aromatic carbocycles. The first-order valence-corrected chi connectivity index (χ1v) is 5.84. The van der Waals surface area contributed by atoms with Crippen molar-refractivity contribution in [1.82, 2.24) is 0 Å². The van der Waals surface area contributed by atoms with Crippen molar-refractivity contribution in [2.75, 3.05) is 6.79 Å². The minimum absolute atomic E-state index is 0.106. The Kier molecular flexibility index (Phi) is 4.00. The van der Waals surface area contributed by atoms with Crippen molar-refractivity contribution in [3.8, 4) is 11.5 Å². The zero-order chi connectivity index (χ0) is 13.8. The molecule has 2 nitrogen and oxygen atoms in total. The summed E-state index contributed by atoms with van der Waals surface area (Å²) in [5, 5.41) is 0. The minimum atomic E-state index is -0.334. The van der Waals surface area contributed by atoms with E-state index in [1.165, 1.54) is 12.1 Å². The molecule has 0 spiro atoms. The second kappa shape index (κ2) is 5.69. The molecule has 2 rings (SSSR count). The van der Waals surface area contributed by atoms with E-state index in [2.05, 4.69) is 0 Å². The SMILES string of the molecule is Cc1ccc(OCOc2ccc(C)c(F)c2)cc1F. The lowest BCUT2D eigenvalue weighted by Gasteiger charge is -2.09. The maximum atomic E-state index is 13.3. The second-order valence-corrected chi connectivity index (χ2v) is 4.23. The highest BCUT2D eigenvalue weighted by Gasteiger charge is 2.02. The highest BCUT2D eigenvalue weighted by atomic mass is 19.1. The number of benzene rings is 2. The molecule has 0 saturated heterocycles. The molecule has 0 aromatic heterocycles. The summed E-state index contributed by atoms with van der Waals surface area (Å²) in [6.45, 7) is 3.24. The summed E-state index contributed by atoms with van der Waals surface area (Å²) in [7, 11) is 0.